The SMILES string of the molecule is CCCNc1cnnc(Nc2ccccc2C(=O)OC)n1. The van der Waals surface area contributed by atoms with Crippen LogP contribution in [-0.2, 0) is 4.74 Å². The zero-order valence-corrected chi connectivity index (χ0v) is 12.0. The Kier molecular flexibility index (Phi) is 5.03. The highest BCUT2D eigenvalue weighted by Crippen LogP contribution is 2.19. The number of carbonyl (C=O) groups excluding carboxylic acids is 1. The second-order valence-corrected chi connectivity index (χ2v) is 4.25. The molecular formula is C14H17N5O2. The number of benzene rings is 1. The third-order valence-electron chi connectivity index (χ3n) is 2.69. The smallest absolute Gasteiger partial charge is 0.339 e. The minimum absolute atomic E-state index is 0.312. The number of ether oxygens (including phenoxy) is 1. The number of nitrogens with one attached hydrogen (secondary N) is 2. The van der Waals surface area contributed by atoms with Crippen LogP contribution in [0.2, 0.25) is 0 Å². The molecule has 2 rings (SSSR count). The monoisotopic (exact) mass is 287 g/mol. The van der Waals surface area contributed by atoms with Crippen LogP contribution in [0.15, 0.2) is 30.5 Å². The van der Waals surface area contributed by atoms with E-state index in [-0.39, 0.29) is 0 Å². The quantitative estimate of drug-likeness (QED) is 0.787. The van der Waals surface area contributed by atoms with Gasteiger partial charge in [-0.15, -0.1) is 5.10 Å². The summed E-state index contributed by atoms with van der Waals surface area (Å²) >= 11 is 0. The Labute approximate surface area is 122 Å². The molecule has 0 fully saturated rings. The molecular weight excluding hydrogens is 270 g/mol. The summed E-state index contributed by atoms with van der Waals surface area (Å²) in [7, 11) is 1.34. The van der Waals surface area contributed by atoms with Gasteiger partial charge in [0.1, 0.15) is 0 Å². The van der Waals surface area contributed by atoms with E-state index in [1.807, 2.05) is 0 Å². The number of para-hydroxylation sites is 1. The van der Waals surface area contributed by atoms with Gasteiger partial charge in [-0.25, -0.2) is 4.79 Å². The van der Waals surface area contributed by atoms with Crippen LogP contribution in [0.3, 0.4) is 0 Å². The van der Waals surface area contributed by atoms with Crippen molar-refractivity contribution >= 4 is 23.4 Å². The summed E-state index contributed by atoms with van der Waals surface area (Å²) in [6.07, 6.45) is 2.53. The predicted octanol–water partition coefficient (Wildman–Crippen LogP) is 2.22. The maximum absolute atomic E-state index is 11.7. The van der Waals surface area contributed by atoms with E-state index in [2.05, 4.69) is 32.7 Å². The fourth-order valence-electron chi connectivity index (χ4n) is 1.70. The largest absolute Gasteiger partial charge is 0.465 e. The zero-order valence-electron chi connectivity index (χ0n) is 12.0. The molecule has 0 unspecified atom stereocenters. The molecule has 7 nitrogen and oxygen atoms in total. The summed E-state index contributed by atoms with van der Waals surface area (Å²) in [6, 6.07) is 6.99. The molecule has 0 bridgehead atoms. The van der Waals surface area contributed by atoms with Gasteiger partial charge in [0.2, 0.25) is 5.95 Å². The van der Waals surface area contributed by atoms with Gasteiger partial charge in [0.25, 0.3) is 0 Å². The highest BCUT2D eigenvalue weighted by atomic mass is 16.5. The Morgan fingerprint density at radius 3 is 2.90 bits per heavy atom. The lowest BCUT2D eigenvalue weighted by Crippen LogP contribution is -2.09. The highest BCUT2D eigenvalue weighted by molar-refractivity contribution is 5.96. The summed E-state index contributed by atoms with van der Waals surface area (Å²) < 4.78 is 4.74. The summed E-state index contributed by atoms with van der Waals surface area (Å²) in [5, 5.41) is 13.9. The van der Waals surface area contributed by atoms with E-state index in [9.17, 15) is 4.79 Å². The number of esters is 1. The van der Waals surface area contributed by atoms with Crippen molar-refractivity contribution in [3.05, 3.63) is 36.0 Å². The van der Waals surface area contributed by atoms with Crippen molar-refractivity contribution in [2.24, 2.45) is 0 Å². The average molecular weight is 287 g/mol. The Hall–Kier alpha value is -2.70. The van der Waals surface area contributed by atoms with Crippen LogP contribution < -0.4 is 10.6 Å². The Bertz CT molecular complexity index is 618. The minimum atomic E-state index is -0.425. The standard InChI is InChI=1S/C14H17N5O2/c1-3-8-15-12-9-16-19-14(18-12)17-11-7-5-4-6-10(11)13(20)21-2/h4-7,9H,3,8H2,1-2H3,(H2,15,17,18,19). The first-order chi connectivity index (χ1) is 10.2. The van der Waals surface area contributed by atoms with E-state index in [1.165, 1.54) is 7.11 Å². The Morgan fingerprint density at radius 1 is 1.33 bits per heavy atom. The van der Waals surface area contributed by atoms with Crippen LogP contribution in [0.5, 0.6) is 0 Å². The number of anilines is 3. The van der Waals surface area contributed by atoms with Gasteiger partial charge in [0.15, 0.2) is 5.82 Å². The summed E-state index contributed by atoms with van der Waals surface area (Å²) in [5.74, 6) is 0.517. The first kappa shape index (κ1) is 14.7. The molecule has 1 heterocycles. The molecule has 21 heavy (non-hydrogen) atoms. The molecule has 0 spiro atoms. The average Bonchev–Trinajstić information content (AvgIpc) is 2.53. The van der Waals surface area contributed by atoms with Crippen LogP contribution in [0, 0.1) is 0 Å². The van der Waals surface area contributed by atoms with Crippen molar-refractivity contribution in [3.63, 3.8) is 0 Å². The third kappa shape index (κ3) is 3.88. The van der Waals surface area contributed by atoms with E-state index in [0.29, 0.717) is 23.0 Å². The molecule has 1 aromatic heterocycles. The second-order valence-electron chi connectivity index (χ2n) is 4.25. The predicted molar refractivity (Wildman–Crippen MR) is 79.7 cm³/mol. The van der Waals surface area contributed by atoms with Crippen LogP contribution in [0.4, 0.5) is 17.5 Å². The van der Waals surface area contributed by atoms with Gasteiger partial charge in [0, 0.05) is 6.54 Å². The molecule has 2 aromatic rings. The fraction of sp³-hybridized carbons (Fsp3) is 0.286. The fourth-order valence-corrected chi connectivity index (χ4v) is 1.70. The van der Waals surface area contributed by atoms with Crippen molar-refractivity contribution in [2.75, 3.05) is 24.3 Å². The van der Waals surface area contributed by atoms with Crippen LogP contribution in [0.1, 0.15) is 23.7 Å². The highest BCUT2D eigenvalue weighted by Gasteiger charge is 2.12. The number of carbonyl (C=O) groups is 1. The molecule has 0 radical (unpaired) electrons. The molecule has 0 saturated carbocycles. The molecule has 0 saturated heterocycles. The normalized spacial score (nSPS) is 10.0. The molecule has 110 valence electrons. The summed E-state index contributed by atoms with van der Waals surface area (Å²) in [5.41, 5.74) is 0.981. The molecule has 2 N–H and O–H groups in total. The number of methoxy groups -OCH3 is 1. The number of rotatable bonds is 6. The zero-order chi connectivity index (χ0) is 15.1. The van der Waals surface area contributed by atoms with Gasteiger partial charge in [-0.2, -0.15) is 10.1 Å². The van der Waals surface area contributed by atoms with Gasteiger partial charge in [-0.3, -0.25) is 0 Å². The van der Waals surface area contributed by atoms with E-state index < -0.39 is 5.97 Å². The summed E-state index contributed by atoms with van der Waals surface area (Å²) in [6.45, 7) is 2.87. The molecule has 0 aliphatic carbocycles. The maximum Gasteiger partial charge on any atom is 0.339 e. The summed E-state index contributed by atoms with van der Waals surface area (Å²) in [4.78, 5) is 16.0. The first-order valence-corrected chi connectivity index (χ1v) is 6.62. The molecule has 1 aromatic carbocycles. The van der Waals surface area contributed by atoms with Crippen LogP contribution >= 0.6 is 0 Å². The number of aromatic nitrogens is 3. The number of nitrogens with zero attached hydrogens (tertiary/aromatic N) is 3. The lowest BCUT2D eigenvalue weighted by molar-refractivity contribution is 0.0602. The van der Waals surface area contributed by atoms with Gasteiger partial charge in [-0.1, -0.05) is 19.1 Å². The van der Waals surface area contributed by atoms with E-state index in [1.54, 1.807) is 30.5 Å². The molecule has 0 atom stereocenters. The van der Waals surface area contributed by atoms with Crippen molar-refractivity contribution in [3.8, 4) is 0 Å². The van der Waals surface area contributed by atoms with E-state index in [4.69, 9.17) is 4.74 Å². The van der Waals surface area contributed by atoms with Crippen molar-refractivity contribution < 1.29 is 9.53 Å². The van der Waals surface area contributed by atoms with Gasteiger partial charge in [-0.05, 0) is 18.6 Å². The Balaban J connectivity index is 2.20. The molecule has 0 amide bonds. The molecule has 0 aliphatic rings. The van der Waals surface area contributed by atoms with Gasteiger partial charge in [0.05, 0.1) is 24.6 Å². The third-order valence-corrected chi connectivity index (χ3v) is 2.69. The van der Waals surface area contributed by atoms with Crippen LogP contribution in [-0.4, -0.2) is 34.8 Å². The van der Waals surface area contributed by atoms with Crippen LogP contribution in [0.25, 0.3) is 0 Å². The topological polar surface area (TPSA) is 89.0 Å². The first-order valence-electron chi connectivity index (χ1n) is 6.62. The maximum atomic E-state index is 11.7. The minimum Gasteiger partial charge on any atom is -0.465 e. The molecule has 7 heteroatoms. The van der Waals surface area contributed by atoms with E-state index in [0.717, 1.165) is 13.0 Å². The molecule has 0 aliphatic heterocycles. The lowest BCUT2D eigenvalue weighted by atomic mass is 10.2. The number of hydrogen-bond acceptors (Lipinski definition) is 7. The van der Waals surface area contributed by atoms with Crippen molar-refractivity contribution in [1.82, 2.24) is 15.2 Å². The second kappa shape index (κ2) is 7.18. The van der Waals surface area contributed by atoms with Crippen molar-refractivity contribution in [1.29, 1.82) is 0 Å². The van der Waals surface area contributed by atoms with Crippen molar-refractivity contribution in [2.45, 2.75) is 13.3 Å². The Morgan fingerprint density at radius 2 is 2.14 bits per heavy atom. The van der Waals surface area contributed by atoms with E-state index >= 15 is 0 Å². The number of hydrogen-bond donors (Lipinski definition) is 2. The van der Waals surface area contributed by atoms with Gasteiger partial charge >= 0.3 is 5.97 Å². The van der Waals surface area contributed by atoms with Gasteiger partial charge < -0.3 is 15.4 Å². The lowest BCUT2D eigenvalue weighted by Gasteiger charge is -2.09.